The molecular formula is C32H37N7O2. The van der Waals surface area contributed by atoms with Crippen molar-refractivity contribution in [2.45, 2.75) is 76.5 Å². The Morgan fingerprint density at radius 2 is 1.98 bits per heavy atom. The third-order valence-corrected chi connectivity index (χ3v) is 9.39. The van der Waals surface area contributed by atoms with Crippen LogP contribution in [-0.2, 0) is 36.9 Å². The molecule has 7 rings (SSSR count). The molecule has 4 heterocycles. The van der Waals surface area contributed by atoms with Crippen LogP contribution in [-0.4, -0.2) is 47.9 Å². The van der Waals surface area contributed by atoms with Gasteiger partial charge in [0.15, 0.2) is 11.5 Å². The molecular weight excluding hydrogens is 514 g/mol. The number of likely N-dealkylation sites (N-methyl/N-ethyl adjacent to an activating group) is 1. The van der Waals surface area contributed by atoms with Gasteiger partial charge >= 0.3 is 0 Å². The first-order valence-electron chi connectivity index (χ1n) is 14.7. The summed E-state index contributed by atoms with van der Waals surface area (Å²) in [6.45, 7) is 10.5. The van der Waals surface area contributed by atoms with E-state index in [-0.39, 0.29) is 17.5 Å². The summed E-state index contributed by atoms with van der Waals surface area (Å²) in [4.78, 5) is 30.2. The lowest BCUT2D eigenvalue weighted by Gasteiger charge is -2.45. The van der Waals surface area contributed by atoms with Crippen LogP contribution in [0.25, 0.3) is 16.9 Å². The first kappa shape index (κ1) is 26.1. The summed E-state index contributed by atoms with van der Waals surface area (Å²) >= 11 is 0. The summed E-state index contributed by atoms with van der Waals surface area (Å²) in [6, 6.07) is 8.38. The second-order valence-electron chi connectivity index (χ2n) is 12.4. The molecule has 0 fully saturated rings. The zero-order chi connectivity index (χ0) is 28.5. The summed E-state index contributed by atoms with van der Waals surface area (Å²) in [7, 11) is 2.20. The SMILES string of the molecule is C=CCn1c(=O)c2cnc(Nc3cc4c5c(c3)CN(C)C[C@]5(C)CCC4)nc2n1-c1ccc2c(n1)[C@](O)(CC)CC2. The number of aromatic nitrogens is 5. The van der Waals surface area contributed by atoms with Crippen molar-refractivity contribution in [3.63, 3.8) is 0 Å². The van der Waals surface area contributed by atoms with Gasteiger partial charge in [0.05, 0.1) is 12.2 Å². The lowest BCUT2D eigenvalue weighted by Crippen LogP contribution is -2.44. The fourth-order valence-electron chi connectivity index (χ4n) is 7.57. The smallest absolute Gasteiger partial charge is 0.278 e. The summed E-state index contributed by atoms with van der Waals surface area (Å²) in [5.74, 6) is 0.958. The van der Waals surface area contributed by atoms with Gasteiger partial charge in [-0.05, 0) is 86.0 Å². The molecule has 2 aliphatic carbocycles. The molecule has 0 saturated carbocycles. The summed E-state index contributed by atoms with van der Waals surface area (Å²) in [6.07, 6.45) is 8.77. The lowest BCUT2D eigenvalue weighted by atomic mass is 9.67. The molecule has 9 nitrogen and oxygen atoms in total. The van der Waals surface area contributed by atoms with Gasteiger partial charge in [0.1, 0.15) is 11.0 Å². The van der Waals surface area contributed by atoms with E-state index >= 15 is 0 Å². The maximum Gasteiger partial charge on any atom is 0.278 e. The Morgan fingerprint density at radius 3 is 2.78 bits per heavy atom. The highest BCUT2D eigenvalue weighted by Crippen LogP contribution is 2.44. The number of nitrogens with zero attached hydrogens (tertiary/aromatic N) is 6. The first-order valence-corrected chi connectivity index (χ1v) is 14.7. The minimum Gasteiger partial charge on any atom is -0.384 e. The quantitative estimate of drug-likeness (QED) is 0.341. The third-order valence-electron chi connectivity index (χ3n) is 9.39. The van der Waals surface area contributed by atoms with E-state index in [2.05, 4.69) is 47.9 Å². The van der Waals surface area contributed by atoms with Gasteiger partial charge in [-0.1, -0.05) is 26.0 Å². The van der Waals surface area contributed by atoms with Crippen LogP contribution in [0.3, 0.4) is 0 Å². The monoisotopic (exact) mass is 551 g/mol. The van der Waals surface area contributed by atoms with Crippen molar-refractivity contribution in [2.24, 2.45) is 0 Å². The molecule has 0 amide bonds. The van der Waals surface area contributed by atoms with Gasteiger partial charge < -0.3 is 15.3 Å². The van der Waals surface area contributed by atoms with Crippen LogP contribution in [0, 0.1) is 0 Å². The molecule has 212 valence electrons. The van der Waals surface area contributed by atoms with Gasteiger partial charge in [-0.15, -0.1) is 6.58 Å². The Labute approximate surface area is 239 Å². The predicted molar refractivity (Wildman–Crippen MR) is 160 cm³/mol. The van der Waals surface area contributed by atoms with Crippen LogP contribution >= 0.6 is 0 Å². The van der Waals surface area contributed by atoms with E-state index < -0.39 is 5.60 Å². The third kappa shape index (κ3) is 4.05. The van der Waals surface area contributed by atoms with E-state index in [0.717, 1.165) is 37.2 Å². The number of anilines is 2. The summed E-state index contributed by atoms with van der Waals surface area (Å²) in [5, 5.41) is 15.1. The van der Waals surface area contributed by atoms with E-state index in [1.807, 2.05) is 19.1 Å². The topological polar surface area (TPSA) is 101 Å². The number of aryl methyl sites for hydroxylation is 2. The maximum atomic E-state index is 13.5. The average molecular weight is 552 g/mol. The van der Waals surface area contributed by atoms with Crippen molar-refractivity contribution in [1.82, 2.24) is 29.2 Å². The first-order chi connectivity index (χ1) is 19.7. The number of aliphatic hydroxyl groups is 1. The van der Waals surface area contributed by atoms with Crippen molar-refractivity contribution in [3.05, 3.63) is 81.4 Å². The fourth-order valence-corrected chi connectivity index (χ4v) is 7.57. The number of hydrogen-bond donors (Lipinski definition) is 2. The van der Waals surface area contributed by atoms with E-state index in [9.17, 15) is 9.90 Å². The van der Waals surface area contributed by atoms with Crippen LogP contribution in [0.1, 0.15) is 67.5 Å². The molecule has 4 aromatic rings. The van der Waals surface area contributed by atoms with Crippen molar-refractivity contribution < 1.29 is 5.11 Å². The van der Waals surface area contributed by atoms with E-state index in [1.54, 1.807) is 21.6 Å². The molecule has 0 saturated heterocycles. The van der Waals surface area contributed by atoms with Crippen LogP contribution in [0.2, 0.25) is 0 Å². The van der Waals surface area contributed by atoms with Gasteiger partial charge in [-0.2, -0.15) is 4.98 Å². The van der Waals surface area contributed by atoms with Crippen molar-refractivity contribution in [3.8, 4) is 5.82 Å². The highest BCUT2D eigenvalue weighted by Gasteiger charge is 2.39. The summed E-state index contributed by atoms with van der Waals surface area (Å²) in [5.41, 5.74) is 6.47. The molecule has 3 aromatic heterocycles. The number of pyridine rings is 1. The molecule has 41 heavy (non-hydrogen) atoms. The number of benzene rings is 1. The molecule has 0 spiro atoms. The lowest BCUT2D eigenvalue weighted by molar-refractivity contribution is 0.0306. The molecule has 0 radical (unpaired) electrons. The van der Waals surface area contributed by atoms with Gasteiger partial charge in [-0.3, -0.25) is 4.79 Å². The van der Waals surface area contributed by atoms with Crippen molar-refractivity contribution in [2.75, 3.05) is 18.9 Å². The average Bonchev–Trinajstić information content (AvgIpc) is 3.42. The Balaban J connectivity index is 1.33. The second-order valence-corrected chi connectivity index (χ2v) is 12.4. The standard InChI is InChI=1S/C32H37N7O2/c1-5-14-38-29(40)24-17-33-30(34-23-15-21-8-7-12-31(3)19-37(4)18-22(16-23)26(21)31)36-28(24)39(38)25-10-9-20-11-13-32(41,6-2)27(20)35-25/h5,9-10,15-17,41H,1,6-8,11-14,18-19H2,2-4H3,(H,33,34,36)/t31-,32-/m0/s1. The van der Waals surface area contributed by atoms with Crippen LogP contribution in [0.4, 0.5) is 11.6 Å². The minimum absolute atomic E-state index is 0.195. The van der Waals surface area contributed by atoms with Gasteiger partial charge in [-0.25, -0.2) is 19.3 Å². The predicted octanol–water partition coefficient (Wildman–Crippen LogP) is 4.49. The number of fused-ring (bicyclic) bond motifs is 2. The maximum absolute atomic E-state index is 13.5. The number of hydrogen-bond acceptors (Lipinski definition) is 7. The Hall–Kier alpha value is -3.82. The number of allylic oxidation sites excluding steroid dienone is 1. The molecule has 2 N–H and O–H groups in total. The molecule has 3 aliphatic rings. The van der Waals surface area contributed by atoms with Crippen LogP contribution in [0.5, 0.6) is 0 Å². The largest absolute Gasteiger partial charge is 0.384 e. The Kier molecular flexibility index (Phi) is 5.96. The van der Waals surface area contributed by atoms with Crippen molar-refractivity contribution in [1.29, 1.82) is 0 Å². The zero-order valence-electron chi connectivity index (χ0n) is 24.1. The van der Waals surface area contributed by atoms with Gasteiger partial charge in [0.25, 0.3) is 5.56 Å². The molecule has 0 unspecified atom stereocenters. The van der Waals surface area contributed by atoms with Crippen LogP contribution in [0.15, 0.2) is 47.9 Å². The fraction of sp³-hybridized carbons (Fsp3) is 0.438. The summed E-state index contributed by atoms with van der Waals surface area (Å²) < 4.78 is 3.31. The number of nitrogens with one attached hydrogen (secondary N) is 1. The van der Waals surface area contributed by atoms with E-state index in [1.165, 1.54) is 29.5 Å². The van der Waals surface area contributed by atoms with E-state index in [4.69, 9.17) is 9.97 Å². The Morgan fingerprint density at radius 1 is 1.15 bits per heavy atom. The molecule has 0 bridgehead atoms. The molecule has 1 aromatic carbocycles. The van der Waals surface area contributed by atoms with Crippen molar-refractivity contribution >= 4 is 22.7 Å². The van der Waals surface area contributed by atoms with E-state index in [0.29, 0.717) is 41.3 Å². The number of rotatable bonds is 6. The second kappa shape index (κ2) is 9.36. The van der Waals surface area contributed by atoms with Gasteiger partial charge in [0.2, 0.25) is 5.95 Å². The van der Waals surface area contributed by atoms with Crippen LogP contribution < -0.4 is 10.9 Å². The molecule has 9 heteroatoms. The zero-order valence-corrected chi connectivity index (χ0v) is 24.1. The highest BCUT2D eigenvalue weighted by molar-refractivity contribution is 5.77. The minimum atomic E-state index is -0.962. The van der Waals surface area contributed by atoms with Gasteiger partial charge in [0, 0.05) is 30.4 Å². The Bertz CT molecular complexity index is 1770. The normalized spacial score (nSPS) is 23.4. The molecule has 1 aliphatic heterocycles. The molecule has 2 atom stereocenters. The highest BCUT2D eigenvalue weighted by atomic mass is 16.3.